The largest absolute Gasteiger partial charge is 0.493 e. The summed E-state index contributed by atoms with van der Waals surface area (Å²) < 4.78 is 36.4. The molecule has 2 aromatic rings. The molecular formula is C24H20ClF3N4O5. The number of nitrogens with zero attached hydrogens (tertiary/aromatic N) is 4. The van der Waals surface area contributed by atoms with Gasteiger partial charge in [-0.3, -0.25) is 14.8 Å². The normalized spacial score (nSPS) is 19.2. The van der Waals surface area contributed by atoms with Gasteiger partial charge in [0, 0.05) is 42.0 Å². The molecule has 2 amide bonds. The van der Waals surface area contributed by atoms with E-state index in [1.165, 1.54) is 18.2 Å². The number of halogens is 4. The molecule has 1 N–H and O–H groups in total. The van der Waals surface area contributed by atoms with Gasteiger partial charge in [0.05, 0.1) is 17.4 Å². The molecule has 0 unspecified atom stereocenters. The van der Waals surface area contributed by atoms with E-state index in [1.807, 2.05) is 29.2 Å². The molecule has 0 aliphatic carbocycles. The summed E-state index contributed by atoms with van der Waals surface area (Å²) in [5.41, 5.74) is 1.66. The van der Waals surface area contributed by atoms with Crippen LogP contribution in [0, 0.1) is 0 Å². The molecule has 2 atom stereocenters. The molecule has 3 heterocycles. The molecule has 2 fully saturated rings. The fourth-order valence-corrected chi connectivity index (χ4v) is 4.31. The number of benzene rings is 1. The number of hydroxylamine groups is 2. The van der Waals surface area contributed by atoms with Crippen LogP contribution in [0.1, 0.15) is 17.8 Å². The average Bonchev–Trinajstić information content (AvgIpc) is 3.47. The van der Waals surface area contributed by atoms with Gasteiger partial charge in [0.25, 0.3) is 0 Å². The summed E-state index contributed by atoms with van der Waals surface area (Å²) in [6, 6.07) is 12.6. The number of amides is 2. The van der Waals surface area contributed by atoms with Crippen molar-refractivity contribution >= 4 is 47.2 Å². The number of likely N-dealkylation sites (tertiary alicyclic amines) is 1. The fourth-order valence-electron chi connectivity index (χ4n) is 4.19. The van der Waals surface area contributed by atoms with Crippen LogP contribution in [0.15, 0.2) is 54.6 Å². The zero-order valence-electron chi connectivity index (χ0n) is 19.0. The second kappa shape index (κ2) is 10.6. The number of piperazine rings is 1. The Bertz CT molecular complexity index is 1250. The standard InChI is InChI=1S/C24H20ClF3N4O5/c25-15-4-8-18(9-5-15)30-13-20-12-19(30)14-31(20)21(33)10-6-16-2-1-3-17(29-16)7-11-22(34)32(36)37-23(35)24(26,27)28/h1-11,19-20,36H,12-14H2/b10-6+,11-7+/t19-,20-/m0/s1. The highest BCUT2D eigenvalue weighted by Gasteiger charge is 2.45. The molecule has 1 aromatic carbocycles. The first kappa shape index (κ1) is 26.2. The lowest BCUT2D eigenvalue weighted by Gasteiger charge is -2.35. The lowest BCUT2D eigenvalue weighted by molar-refractivity contribution is -0.312. The smallest absolute Gasteiger partial charge is 0.365 e. The maximum atomic E-state index is 12.8. The van der Waals surface area contributed by atoms with Crippen LogP contribution in [0.25, 0.3) is 12.2 Å². The topological polar surface area (TPSA) is 103 Å². The molecule has 13 heteroatoms. The van der Waals surface area contributed by atoms with Gasteiger partial charge in [-0.2, -0.15) is 13.2 Å². The summed E-state index contributed by atoms with van der Waals surface area (Å²) in [5, 5.41) is 9.01. The predicted molar refractivity (Wildman–Crippen MR) is 126 cm³/mol. The lowest BCUT2D eigenvalue weighted by atomic mass is 10.2. The first-order chi connectivity index (χ1) is 17.5. The van der Waals surface area contributed by atoms with E-state index in [0.717, 1.165) is 24.7 Å². The van der Waals surface area contributed by atoms with Gasteiger partial charge in [-0.25, -0.2) is 9.78 Å². The minimum absolute atomic E-state index is 0.0824. The third-order valence-electron chi connectivity index (χ3n) is 5.86. The minimum Gasteiger partial charge on any atom is -0.365 e. The Labute approximate surface area is 213 Å². The van der Waals surface area contributed by atoms with E-state index in [0.29, 0.717) is 23.3 Å². The van der Waals surface area contributed by atoms with Crippen LogP contribution in [-0.4, -0.2) is 69.5 Å². The summed E-state index contributed by atoms with van der Waals surface area (Å²) in [5.74, 6) is -4.36. The van der Waals surface area contributed by atoms with Crippen LogP contribution >= 0.6 is 11.6 Å². The first-order valence-corrected chi connectivity index (χ1v) is 11.4. The molecule has 2 aliphatic rings. The van der Waals surface area contributed by atoms with E-state index in [2.05, 4.69) is 14.7 Å². The van der Waals surface area contributed by atoms with Crippen molar-refractivity contribution in [3.63, 3.8) is 0 Å². The van der Waals surface area contributed by atoms with Crippen molar-refractivity contribution in [2.24, 2.45) is 0 Å². The van der Waals surface area contributed by atoms with E-state index in [-0.39, 0.29) is 23.7 Å². The number of aromatic nitrogens is 1. The molecule has 2 bridgehead atoms. The van der Waals surface area contributed by atoms with Gasteiger partial charge in [0.2, 0.25) is 5.91 Å². The maximum absolute atomic E-state index is 12.8. The molecule has 0 saturated carbocycles. The van der Waals surface area contributed by atoms with Crippen LogP contribution in [-0.2, 0) is 19.2 Å². The SMILES string of the molecule is O=C(/C=C/c1cccc(/C=C/C(=O)N2C[C@@H]3C[C@H]2CN3c2ccc(Cl)cc2)n1)N(O)OC(=O)C(F)(F)F. The van der Waals surface area contributed by atoms with E-state index in [4.69, 9.17) is 11.6 Å². The maximum Gasteiger partial charge on any atom is 0.493 e. The van der Waals surface area contributed by atoms with Crippen LogP contribution in [0.4, 0.5) is 18.9 Å². The second-order valence-electron chi connectivity index (χ2n) is 8.30. The Balaban J connectivity index is 1.32. The molecule has 2 aliphatic heterocycles. The monoisotopic (exact) mass is 536 g/mol. The molecule has 1 aromatic heterocycles. The Morgan fingerprint density at radius 3 is 2.27 bits per heavy atom. The number of hydrogen-bond acceptors (Lipinski definition) is 7. The van der Waals surface area contributed by atoms with Gasteiger partial charge in [-0.1, -0.05) is 17.7 Å². The van der Waals surface area contributed by atoms with Crippen molar-refractivity contribution in [2.75, 3.05) is 18.0 Å². The Morgan fingerprint density at radius 1 is 1.03 bits per heavy atom. The molecule has 37 heavy (non-hydrogen) atoms. The number of alkyl halides is 3. The first-order valence-electron chi connectivity index (χ1n) is 11.0. The number of pyridine rings is 1. The lowest BCUT2D eigenvalue weighted by Crippen LogP contribution is -2.48. The summed E-state index contributed by atoms with van der Waals surface area (Å²) in [6.07, 6.45) is 0.160. The molecular weight excluding hydrogens is 517 g/mol. The van der Waals surface area contributed by atoms with Gasteiger partial charge in [0.1, 0.15) is 0 Å². The Morgan fingerprint density at radius 2 is 1.68 bits per heavy atom. The zero-order chi connectivity index (χ0) is 26.7. The van der Waals surface area contributed by atoms with E-state index in [1.54, 1.807) is 12.1 Å². The van der Waals surface area contributed by atoms with Crippen LogP contribution in [0.5, 0.6) is 0 Å². The summed E-state index contributed by atoms with van der Waals surface area (Å²) in [7, 11) is 0. The molecule has 2 saturated heterocycles. The summed E-state index contributed by atoms with van der Waals surface area (Å²) in [4.78, 5) is 46.9. The Hall–Kier alpha value is -3.90. The third kappa shape index (κ3) is 6.27. The third-order valence-corrected chi connectivity index (χ3v) is 6.11. The number of rotatable bonds is 5. The van der Waals surface area contributed by atoms with Crippen LogP contribution in [0.2, 0.25) is 5.02 Å². The summed E-state index contributed by atoms with van der Waals surface area (Å²) in [6.45, 7) is 1.31. The Kier molecular flexibility index (Phi) is 7.50. The van der Waals surface area contributed by atoms with Crippen molar-refractivity contribution in [1.82, 2.24) is 15.1 Å². The summed E-state index contributed by atoms with van der Waals surface area (Å²) >= 11 is 5.97. The zero-order valence-corrected chi connectivity index (χ0v) is 19.8. The molecule has 0 radical (unpaired) electrons. The average molecular weight is 537 g/mol. The number of hydrogen-bond donors (Lipinski definition) is 1. The van der Waals surface area contributed by atoms with E-state index in [9.17, 15) is 32.8 Å². The number of carbonyl (C=O) groups is 3. The van der Waals surface area contributed by atoms with Gasteiger partial charge in [-0.05, 0) is 60.2 Å². The van der Waals surface area contributed by atoms with Crippen molar-refractivity contribution < 1.29 is 37.6 Å². The number of carbonyl (C=O) groups excluding carboxylic acids is 3. The highest BCUT2D eigenvalue weighted by Crippen LogP contribution is 2.35. The van der Waals surface area contributed by atoms with Crippen molar-refractivity contribution in [1.29, 1.82) is 0 Å². The second-order valence-corrected chi connectivity index (χ2v) is 8.74. The predicted octanol–water partition coefficient (Wildman–Crippen LogP) is 3.49. The minimum atomic E-state index is -5.38. The molecule has 0 spiro atoms. The fraction of sp³-hybridized carbons (Fsp3) is 0.250. The van der Waals surface area contributed by atoms with Gasteiger partial charge >= 0.3 is 18.1 Å². The van der Waals surface area contributed by atoms with Crippen molar-refractivity contribution in [3.8, 4) is 0 Å². The van der Waals surface area contributed by atoms with Crippen LogP contribution in [0.3, 0.4) is 0 Å². The number of fused-ring (bicyclic) bond motifs is 2. The van der Waals surface area contributed by atoms with E-state index >= 15 is 0 Å². The van der Waals surface area contributed by atoms with Gasteiger partial charge in [0.15, 0.2) is 0 Å². The molecule has 194 valence electrons. The quantitative estimate of drug-likeness (QED) is 0.354. The van der Waals surface area contributed by atoms with Gasteiger partial charge < -0.3 is 14.6 Å². The highest BCUT2D eigenvalue weighted by atomic mass is 35.5. The molecule has 9 nitrogen and oxygen atoms in total. The van der Waals surface area contributed by atoms with Crippen molar-refractivity contribution in [3.05, 3.63) is 71.0 Å². The van der Waals surface area contributed by atoms with Crippen LogP contribution < -0.4 is 4.90 Å². The van der Waals surface area contributed by atoms with Crippen molar-refractivity contribution in [2.45, 2.75) is 24.7 Å². The number of anilines is 1. The van der Waals surface area contributed by atoms with E-state index < -0.39 is 23.3 Å². The van der Waals surface area contributed by atoms with Gasteiger partial charge in [-0.15, -0.1) is 0 Å². The molecule has 4 rings (SSSR count). The highest BCUT2D eigenvalue weighted by molar-refractivity contribution is 6.30.